The quantitative estimate of drug-likeness (QED) is 0.170. The Kier molecular flexibility index (Phi) is 6.69. The minimum absolute atomic E-state index is 0.243. The van der Waals surface area contributed by atoms with E-state index in [0.29, 0.717) is 0 Å². The molecule has 0 bridgehead atoms. The number of hydrogen-bond donors (Lipinski definition) is 0. The lowest BCUT2D eigenvalue weighted by molar-refractivity contribution is 1.02. The zero-order valence-corrected chi connectivity index (χ0v) is 30.4. The molecule has 9 aromatic carbocycles. The molecule has 12 rings (SSSR count). The number of para-hydroxylation sites is 1. The van der Waals surface area contributed by atoms with E-state index in [2.05, 4.69) is 193 Å². The summed E-state index contributed by atoms with van der Waals surface area (Å²) in [6.07, 6.45) is 1.93. The van der Waals surface area contributed by atoms with Gasteiger partial charge < -0.3 is 4.57 Å². The summed E-state index contributed by atoms with van der Waals surface area (Å²) < 4.78 is 2.39. The molecule has 0 amide bonds. The number of nitrogens with zero attached hydrogens (tertiary/aromatic N) is 3. The molecule has 11 aromatic rings. The molecular formula is C53H33N3. The van der Waals surface area contributed by atoms with Crippen LogP contribution in [0.3, 0.4) is 0 Å². The van der Waals surface area contributed by atoms with Gasteiger partial charge in [-0.05, 0) is 86.1 Å². The van der Waals surface area contributed by atoms with Crippen molar-refractivity contribution in [2.75, 3.05) is 0 Å². The maximum absolute atomic E-state index is 5.30. The lowest BCUT2D eigenvalue weighted by atomic mass is 9.89. The molecule has 0 spiro atoms. The molecule has 0 aliphatic heterocycles. The van der Waals surface area contributed by atoms with Gasteiger partial charge in [0.15, 0.2) is 0 Å². The van der Waals surface area contributed by atoms with E-state index in [1.807, 2.05) is 6.20 Å². The second kappa shape index (κ2) is 12.1. The second-order valence-corrected chi connectivity index (χ2v) is 14.9. The Balaban J connectivity index is 0.983. The molecule has 0 saturated heterocycles. The van der Waals surface area contributed by atoms with Crippen LogP contribution in [0.15, 0.2) is 194 Å². The smallest absolute Gasteiger partial charge is 0.0979 e. The fraction of sp³-hybridized carbons (Fsp3) is 0.0189. The average molecular weight is 712 g/mol. The summed E-state index contributed by atoms with van der Waals surface area (Å²) in [5.74, 6) is 0.243. The molecule has 1 aliphatic carbocycles. The fourth-order valence-electron chi connectivity index (χ4n) is 9.38. The van der Waals surface area contributed by atoms with Gasteiger partial charge in [0, 0.05) is 38.7 Å². The van der Waals surface area contributed by atoms with Crippen LogP contribution in [0.5, 0.6) is 0 Å². The van der Waals surface area contributed by atoms with Crippen LogP contribution in [0.4, 0.5) is 0 Å². The number of fused-ring (bicyclic) bond motifs is 12. The van der Waals surface area contributed by atoms with E-state index < -0.39 is 0 Å². The zero-order chi connectivity index (χ0) is 36.7. The summed E-state index contributed by atoms with van der Waals surface area (Å²) in [7, 11) is 0. The monoisotopic (exact) mass is 711 g/mol. The van der Waals surface area contributed by atoms with E-state index in [1.165, 1.54) is 71.5 Å². The van der Waals surface area contributed by atoms with Crippen molar-refractivity contribution in [1.82, 2.24) is 14.5 Å². The molecule has 56 heavy (non-hydrogen) atoms. The lowest BCUT2D eigenvalue weighted by Crippen LogP contribution is -1.98. The zero-order valence-electron chi connectivity index (χ0n) is 30.4. The minimum Gasteiger partial charge on any atom is -0.309 e. The van der Waals surface area contributed by atoms with Crippen molar-refractivity contribution in [2.45, 2.75) is 5.92 Å². The van der Waals surface area contributed by atoms with Crippen molar-refractivity contribution in [3.05, 3.63) is 211 Å². The standard InChI is InChI=1S/C53H33N3/c1-2-13-33(14-3-1)51-42-21-7-4-19-40(42)46-30-34(25-27-43(46)51)35-26-28-50-47(31-35)41-20-10-11-24-49(41)56(50)37-16-12-15-36(29-37)48-32-54-52-44-22-8-5-17-38(44)39-18-6-9-23-45(39)53(52)55-48/h1-32,51H. The first-order chi connectivity index (χ1) is 27.8. The van der Waals surface area contributed by atoms with Crippen LogP contribution in [0.2, 0.25) is 0 Å². The summed E-state index contributed by atoms with van der Waals surface area (Å²) >= 11 is 0. The van der Waals surface area contributed by atoms with Crippen molar-refractivity contribution < 1.29 is 0 Å². The molecule has 1 unspecified atom stereocenters. The maximum Gasteiger partial charge on any atom is 0.0979 e. The predicted molar refractivity (Wildman–Crippen MR) is 233 cm³/mol. The number of benzene rings is 9. The van der Waals surface area contributed by atoms with Gasteiger partial charge >= 0.3 is 0 Å². The van der Waals surface area contributed by atoms with Crippen LogP contribution >= 0.6 is 0 Å². The van der Waals surface area contributed by atoms with Crippen LogP contribution in [0.25, 0.3) is 93.6 Å². The van der Waals surface area contributed by atoms with Gasteiger partial charge in [-0.25, -0.2) is 4.98 Å². The highest BCUT2D eigenvalue weighted by atomic mass is 15.0. The van der Waals surface area contributed by atoms with E-state index in [4.69, 9.17) is 9.97 Å². The Morgan fingerprint density at radius 2 is 1.04 bits per heavy atom. The average Bonchev–Trinajstić information content (AvgIpc) is 3.79. The van der Waals surface area contributed by atoms with Crippen LogP contribution < -0.4 is 0 Å². The van der Waals surface area contributed by atoms with E-state index in [0.717, 1.165) is 38.8 Å². The molecule has 2 heterocycles. The third-order valence-electron chi connectivity index (χ3n) is 11.9. The van der Waals surface area contributed by atoms with Gasteiger partial charge in [-0.2, -0.15) is 0 Å². The summed E-state index contributed by atoms with van der Waals surface area (Å²) in [6, 6.07) is 68.3. The van der Waals surface area contributed by atoms with Crippen LogP contribution in [0, 0.1) is 0 Å². The van der Waals surface area contributed by atoms with Gasteiger partial charge in [0.1, 0.15) is 0 Å². The minimum atomic E-state index is 0.243. The fourth-order valence-corrected chi connectivity index (χ4v) is 9.38. The molecule has 0 N–H and O–H groups in total. The molecule has 260 valence electrons. The van der Waals surface area contributed by atoms with Gasteiger partial charge in [0.05, 0.1) is 34.0 Å². The molecule has 0 radical (unpaired) electrons. The molecule has 3 nitrogen and oxygen atoms in total. The first kappa shape index (κ1) is 31.0. The Bertz CT molecular complexity index is 3340. The van der Waals surface area contributed by atoms with Crippen molar-refractivity contribution in [2.24, 2.45) is 0 Å². The summed E-state index contributed by atoms with van der Waals surface area (Å²) in [5.41, 5.74) is 16.4. The SMILES string of the molecule is c1ccc(C2c3ccccc3-c3cc(-c4ccc5c(c4)c4ccccc4n5-c4cccc(-c5cnc6c7ccccc7c7ccccc7c6n5)c4)ccc32)cc1. The largest absolute Gasteiger partial charge is 0.309 e. The molecule has 0 fully saturated rings. The van der Waals surface area contributed by atoms with E-state index in [1.54, 1.807) is 0 Å². The Morgan fingerprint density at radius 3 is 1.88 bits per heavy atom. The summed E-state index contributed by atoms with van der Waals surface area (Å²) in [5, 5.41) is 7.10. The van der Waals surface area contributed by atoms with Gasteiger partial charge in [-0.15, -0.1) is 0 Å². The Hall–Kier alpha value is -7.36. The third-order valence-corrected chi connectivity index (χ3v) is 11.9. The molecule has 2 aromatic heterocycles. The normalized spacial score (nSPS) is 13.5. The van der Waals surface area contributed by atoms with Gasteiger partial charge in [0.2, 0.25) is 0 Å². The number of hydrogen-bond acceptors (Lipinski definition) is 2. The Labute approximate surface area is 323 Å². The second-order valence-electron chi connectivity index (χ2n) is 14.9. The topological polar surface area (TPSA) is 30.7 Å². The van der Waals surface area contributed by atoms with Gasteiger partial charge in [-0.1, -0.05) is 152 Å². The number of aromatic nitrogens is 3. The maximum atomic E-state index is 5.30. The summed E-state index contributed by atoms with van der Waals surface area (Å²) in [4.78, 5) is 10.4. The molecule has 1 aliphatic rings. The summed E-state index contributed by atoms with van der Waals surface area (Å²) in [6.45, 7) is 0. The first-order valence-corrected chi connectivity index (χ1v) is 19.3. The van der Waals surface area contributed by atoms with Crippen LogP contribution in [-0.2, 0) is 0 Å². The van der Waals surface area contributed by atoms with Crippen LogP contribution in [-0.4, -0.2) is 14.5 Å². The van der Waals surface area contributed by atoms with Gasteiger partial charge in [-0.3, -0.25) is 4.98 Å². The van der Waals surface area contributed by atoms with Crippen molar-refractivity contribution in [3.8, 4) is 39.2 Å². The number of rotatable bonds is 4. The van der Waals surface area contributed by atoms with E-state index in [-0.39, 0.29) is 5.92 Å². The molecule has 0 saturated carbocycles. The third kappa shape index (κ3) is 4.58. The van der Waals surface area contributed by atoms with E-state index >= 15 is 0 Å². The van der Waals surface area contributed by atoms with Crippen molar-refractivity contribution in [3.63, 3.8) is 0 Å². The van der Waals surface area contributed by atoms with Crippen molar-refractivity contribution in [1.29, 1.82) is 0 Å². The first-order valence-electron chi connectivity index (χ1n) is 19.3. The molecule has 3 heteroatoms. The highest BCUT2D eigenvalue weighted by molar-refractivity contribution is 6.23. The molecule has 1 atom stereocenters. The van der Waals surface area contributed by atoms with Gasteiger partial charge in [0.25, 0.3) is 0 Å². The molecular weight excluding hydrogens is 679 g/mol. The van der Waals surface area contributed by atoms with E-state index in [9.17, 15) is 0 Å². The Morgan fingerprint density at radius 1 is 0.393 bits per heavy atom. The highest BCUT2D eigenvalue weighted by Crippen LogP contribution is 2.49. The van der Waals surface area contributed by atoms with Crippen LogP contribution in [0.1, 0.15) is 22.6 Å². The van der Waals surface area contributed by atoms with Crippen molar-refractivity contribution >= 4 is 54.4 Å². The lowest BCUT2D eigenvalue weighted by Gasteiger charge is -2.14. The highest BCUT2D eigenvalue weighted by Gasteiger charge is 2.30. The predicted octanol–water partition coefficient (Wildman–Crippen LogP) is 13.5.